The number of nitrogens with zero attached hydrogens (tertiary/aromatic N) is 2. The topological polar surface area (TPSA) is 88.2 Å². The molecule has 8 heteroatoms. The first kappa shape index (κ1) is 17.5. The zero-order valence-electron chi connectivity index (χ0n) is 13.7. The first-order valence-corrected chi connectivity index (χ1v) is 7.76. The highest BCUT2D eigenvalue weighted by atomic mass is 19.2. The summed E-state index contributed by atoms with van der Waals surface area (Å²) in [5.74, 6) is -1.21. The van der Waals surface area contributed by atoms with E-state index in [1.54, 1.807) is 31.2 Å². The smallest absolute Gasteiger partial charge is 0.405 e. The van der Waals surface area contributed by atoms with E-state index in [0.717, 1.165) is 12.1 Å². The van der Waals surface area contributed by atoms with E-state index in [-0.39, 0.29) is 6.42 Å². The van der Waals surface area contributed by atoms with Crippen LogP contribution in [0, 0.1) is 18.6 Å². The number of rotatable bonds is 5. The van der Waals surface area contributed by atoms with Gasteiger partial charge in [0, 0.05) is 6.92 Å². The summed E-state index contributed by atoms with van der Waals surface area (Å²) in [7, 11) is 0. The molecule has 1 amide bonds. The number of carbonyl (C=O) groups is 1. The van der Waals surface area contributed by atoms with Gasteiger partial charge in [-0.1, -0.05) is 24.3 Å². The van der Waals surface area contributed by atoms with Gasteiger partial charge >= 0.3 is 6.09 Å². The highest BCUT2D eigenvalue weighted by Gasteiger charge is 2.19. The molecular formula is C18H15F2N3O3. The first-order chi connectivity index (χ1) is 12.4. The van der Waals surface area contributed by atoms with Crippen molar-refractivity contribution in [2.24, 2.45) is 0 Å². The fourth-order valence-corrected chi connectivity index (χ4v) is 2.61. The number of nitrogens with one attached hydrogen (secondary N) is 1. The third-order valence-corrected chi connectivity index (χ3v) is 3.79. The van der Waals surface area contributed by atoms with E-state index in [9.17, 15) is 13.6 Å². The number of aromatic nitrogens is 2. The van der Waals surface area contributed by atoms with Crippen LogP contribution in [0.3, 0.4) is 0 Å². The lowest BCUT2D eigenvalue weighted by Gasteiger charge is -2.16. The van der Waals surface area contributed by atoms with E-state index in [1.165, 1.54) is 6.07 Å². The molecule has 0 saturated heterocycles. The van der Waals surface area contributed by atoms with E-state index >= 15 is 0 Å². The molecule has 134 valence electrons. The summed E-state index contributed by atoms with van der Waals surface area (Å²) in [5.41, 5.74) is 1.74. The van der Waals surface area contributed by atoms with Crippen molar-refractivity contribution in [1.29, 1.82) is 0 Å². The van der Waals surface area contributed by atoms with Crippen LogP contribution in [0.2, 0.25) is 0 Å². The molecule has 3 rings (SSSR count). The molecule has 1 heterocycles. The highest BCUT2D eigenvalue weighted by Crippen LogP contribution is 2.26. The molecule has 0 saturated carbocycles. The maximum Gasteiger partial charge on any atom is 0.405 e. The van der Waals surface area contributed by atoms with E-state index in [1.807, 2.05) is 0 Å². The molecule has 0 aliphatic heterocycles. The Hall–Kier alpha value is -3.29. The minimum atomic E-state index is -1.20. The lowest BCUT2D eigenvalue weighted by atomic mass is 9.97. The summed E-state index contributed by atoms with van der Waals surface area (Å²) in [6, 6.07) is 9.83. The number of halogens is 2. The maximum atomic E-state index is 13.5. The average molecular weight is 359 g/mol. The van der Waals surface area contributed by atoms with Crippen LogP contribution < -0.4 is 5.32 Å². The zero-order valence-corrected chi connectivity index (χ0v) is 13.7. The van der Waals surface area contributed by atoms with Gasteiger partial charge in [-0.3, -0.25) is 0 Å². The van der Waals surface area contributed by atoms with Crippen molar-refractivity contribution in [2.45, 2.75) is 19.4 Å². The van der Waals surface area contributed by atoms with Crippen molar-refractivity contribution in [2.75, 3.05) is 0 Å². The molecule has 26 heavy (non-hydrogen) atoms. The molecule has 2 aromatic carbocycles. The van der Waals surface area contributed by atoms with E-state index in [4.69, 9.17) is 9.52 Å². The number of carboxylic acid groups (broad SMARTS) is 1. The van der Waals surface area contributed by atoms with Gasteiger partial charge in [-0.2, -0.15) is 0 Å². The second-order valence-electron chi connectivity index (χ2n) is 5.68. The number of amides is 1. The molecule has 0 fully saturated rings. The van der Waals surface area contributed by atoms with E-state index < -0.39 is 23.8 Å². The lowest BCUT2D eigenvalue weighted by Crippen LogP contribution is -2.28. The van der Waals surface area contributed by atoms with Gasteiger partial charge in [-0.25, -0.2) is 13.6 Å². The second kappa shape index (κ2) is 7.30. The Kier molecular flexibility index (Phi) is 4.92. The summed E-state index contributed by atoms with van der Waals surface area (Å²) >= 11 is 0. The quantitative estimate of drug-likeness (QED) is 0.722. The molecule has 2 N–H and O–H groups in total. The van der Waals surface area contributed by atoms with Crippen molar-refractivity contribution < 1.29 is 23.1 Å². The van der Waals surface area contributed by atoms with Crippen LogP contribution in [-0.2, 0) is 6.42 Å². The number of aryl methyl sites for hydroxylation is 1. The first-order valence-electron chi connectivity index (χ1n) is 7.76. The van der Waals surface area contributed by atoms with Gasteiger partial charge in [0.1, 0.15) is 0 Å². The normalized spacial score (nSPS) is 12.0. The van der Waals surface area contributed by atoms with Crippen LogP contribution in [0.5, 0.6) is 0 Å². The van der Waals surface area contributed by atoms with Gasteiger partial charge in [0.05, 0.1) is 12.5 Å². The molecule has 0 aliphatic carbocycles. The molecule has 1 aromatic heterocycles. The van der Waals surface area contributed by atoms with Crippen molar-refractivity contribution in [3.63, 3.8) is 0 Å². The fraction of sp³-hybridized carbons (Fsp3) is 0.167. The monoisotopic (exact) mass is 359 g/mol. The third kappa shape index (κ3) is 4.02. The minimum absolute atomic E-state index is 0.161. The van der Waals surface area contributed by atoms with Gasteiger partial charge in [0.2, 0.25) is 11.8 Å². The molecule has 0 spiro atoms. The number of benzene rings is 2. The lowest BCUT2D eigenvalue weighted by molar-refractivity contribution is 0.189. The Balaban J connectivity index is 1.93. The van der Waals surface area contributed by atoms with Crippen LogP contribution >= 0.6 is 0 Å². The van der Waals surface area contributed by atoms with Crippen molar-refractivity contribution in [1.82, 2.24) is 15.5 Å². The Labute approximate surface area is 147 Å². The standard InChI is InChI=1S/C18H15F2N3O3/c1-10-22-23-17(26-10)9-16(21-18(24)25)13-4-2-3-11(7-13)12-5-6-14(19)15(20)8-12/h2-8,16,21H,9H2,1H3,(H,24,25). The highest BCUT2D eigenvalue weighted by molar-refractivity contribution is 5.67. The fourth-order valence-electron chi connectivity index (χ4n) is 2.61. The van der Waals surface area contributed by atoms with E-state index in [2.05, 4.69) is 15.5 Å². The average Bonchev–Trinajstić information content (AvgIpc) is 3.01. The summed E-state index contributed by atoms with van der Waals surface area (Å²) in [6.45, 7) is 1.64. The SMILES string of the molecule is Cc1nnc(CC(NC(=O)O)c2cccc(-c3ccc(F)c(F)c3)c2)o1. The summed E-state index contributed by atoms with van der Waals surface area (Å²) in [4.78, 5) is 11.1. The van der Waals surface area contributed by atoms with Gasteiger partial charge in [-0.15, -0.1) is 10.2 Å². The Bertz CT molecular complexity index is 943. The number of hydrogen-bond acceptors (Lipinski definition) is 4. The Morgan fingerprint density at radius 2 is 1.92 bits per heavy atom. The molecule has 1 unspecified atom stereocenters. The minimum Gasteiger partial charge on any atom is -0.465 e. The Morgan fingerprint density at radius 3 is 2.58 bits per heavy atom. The predicted octanol–water partition coefficient (Wildman–Crippen LogP) is 3.87. The van der Waals surface area contributed by atoms with Gasteiger partial charge in [0.25, 0.3) is 0 Å². The molecular weight excluding hydrogens is 344 g/mol. The predicted molar refractivity (Wildman–Crippen MR) is 88.4 cm³/mol. The van der Waals surface area contributed by atoms with Crippen LogP contribution in [0.1, 0.15) is 23.4 Å². The molecule has 0 aliphatic rings. The summed E-state index contributed by atoms with van der Waals surface area (Å²) < 4.78 is 31.9. The zero-order chi connectivity index (χ0) is 18.7. The molecule has 6 nitrogen and oxygen atoms in total. The largest absolute Gasteiger partial charge is 0.465 e. The third-order valence-electron chi connectivity index (χ3n) is 3.79. The molecule has 1 atom stereocenters. The number of hydrogen-bond donors (Lipinski definition) is 2. The Morgan fingerprint density at radius 1 is 1.15 bits per heavy atom. The van der Waals surface area contributed by atoms with Crippen molar-refractivity contribution >= 4 is 6.09 Å². The maximum absolute atomic E-state index is 13.5. The van der Waals surface area contributed by atoms with Crippen molar-refractivity contribution in [3.8, 4) is 11.1 Å². The second-order valence-corrected chi connectivity index (χ2v) is 5.68. The van der Waals surface area contributed by atoms with Crippen molar-refractivity contribution in [3.05, 3.63) is 71.4 Å². The van der Waals surface area contributed by atoms with Crippen LogP contribution in [0.15, 0.2) is 46.9 Å². The van der Waals surface area contributed by atoms with Gasteiger partial charge in [-0.05, 0) is 34.9 Å². The summed E-state index contributed by atoms with van der Waals surface area (Å²) in [5, 5.41) is 19.1. The van der Waals surface area contributed by atoms with Gasteiger partial charge in [0.15, 0.2) is 11.6 Å². The van der Waals surface area contributed by atoms with E-state index in [0.29, 0.717) is 28.5 Å². The van der Waals surface area contributed by atoms with Crippen LogP contribution in [-0.4, -0.2) is 21.4 Å². The molecule has 3 aromatic rings. The van der Waals surface area contributed by atoms with Gasteiger partial charge < -0.3 is 14.8 Å². The summed E-state index contributed by atoms with van der Waals surface area (Å²) in [6.07, 6.45) is -1.04. The van der Waals surface area contributed by atoms with Crippen LogP contribution in [0.4, 0.5) is 13.6 Å². The molecule has 0 bridgehead atoms. The van der Waals surface area contributed by atoms with Crippen LogP contribution in [0.25, 0.3) is 11.1 Å². The molecule has 0 radical (unpaired) electrons.